The lowest BCUT2D eigenvalue weighted by atomic mass is 9.33. The molecule has 0 fully saturated rings. The maximum atomic E-state index is 2.62. The van der Waals surface area contributed by atoms with Gasteiger partial charge in [0.1, 0.15) is 0 Å². The molecule has 0 bridgehead atoms. The van der Waals surface area contributed by atoms with Gasteiger partial charge in [0.25, 0.3) is 6.71 Å². The van der Waals surface area contributed by atoms with Crippen molar-refractivity contribution < 1.29 is 0 Å². The third kappa shape index (κ3) is 5.72. The molecule has 1 atom stereocenters. The second-order valence-electron chi connectivity index (χ2n) is 21.5. The predicted octanol–water partition coefficient (Wildman–Crippen LogP) is 16.1. The Balaban J connectivity index is 0.963. The molecule has 0 amide bonds. The van der Waals surface area contributed by atoms with Crippen molar-refractivity contribution in [3.05, 3.63) is 275 Å². The van der Waals surface area contributed by atoms with E-state index in [0.717, 1.165) is 5.69 Å². The Kier molecular flexibility index (Phi) is 8.74. The van der Waals surface area contributed by atoms with Gasteiger partial charge in [-0.3, -0.25) is 0 Å². The molecule has 0 saturated carbocycles. The maximum absolute atomic E-state index is 2.62. The third-order valence-corrected chi connectivity index (χ3v) is 17.2. The summed E-state index contributed by atoms with van der Waals surface area (Å²) in [6.45, 7) is 8.97. The first-order valence-electron chi connectivity index (χ1n) is 26.4. The molecule has 1 unspecified atom stereocenters. The number of benzene rings is 11. The molecular formula is C71H50BN3. The monoisotopic (exact) mass is 955 g/mol. The molecule has 1 spiro atoms. The highest BCUT2D eigenvalue weighted by Gasteiger charge is 2.53. The van der Waals surface area contributed by atoms with E-state index in [4.69, 9.17) is 0 Å². The first kappa shape index (κ1) is 42.4. The van der Waals surface area contributed by atoms with Crippen molar-refractivity contribution in [2.24, 2.45) is 0 Å². The molecule has 4 aliphatic rings. The topological polar surface area (TPSA) is 11.4 Å². The van der Waals surface area contributed by atoms with Crippen LogP contribution in [0.25, 0.3) is 60.9 Å². The highest BCUT2D eigenvalue weighted by atomic mass is 15.2. The highest BCUT2D eigenvalue weighted by Crippen LogP contribution is 2.64. The van der Waals surface area contributed by atoms with Crippen LogP contribution in [0.3, 0.4) is 0 Å². The first-order valence-corrected chi connectivity index (χ1v) is 26.4. The Morgan fingerprint density at radius 2 is 0.987 bits per heavy atom. The molecule has 11 aromatic carbocycles. The van der Waals surface area contributed by atoms with Gasteiger partial charge < -0.3 is 14.4 Å². The van der Waals surface area contributed by atoms with Crippen molar-refractivity contribution in [2.45, 2.75) is 33.1 Å². The Labute approximate surface area is 438 Å². The third-order valence-electron chi connectivity index (χ3n) is 17.2. The number of para-hydroxylation sites is 2. The number of aryl methyl sites for hydroxylation is 4. The van der Waals surface area contributed by atoms with Gasteiger partial charge in [0.05, 0.1) is 16.4 Å². The summed E-state index contributed by atoms with van der Waals surface area (Å²) in [4.78, 5) is 5.16. The average molecular weight is 956 g/mol. The summed E-state index contributed by atoms with van der Waals surface area (Å²) >= 11 is 0. The Morgan fingerprint density at radius 1 is 0.333 bits per heavy atom. The van der Waals surface area contributed by atoms with Gasteiger partial charge in [-0.1, -0.05) is 158 Å². The van der Waals surface area contributed by atoms with E-state index in [-0.39, 0.29) is 6.71 Å². The largest absolute Gasteiger partial charge is 0.311 e. The molecule has 3 heterocycles. The van der Waals surface area contributed by atoms with Crippen molar-refractivity contribution in [3.63, 3.8) is 0 Å². The van der Waals surface area contributed by atoms with Gasteiger partial charge in [0.2, 0.25) is 0 Å². The fraction of sp³-hybridized carbons (Fsp3) is 0.0704. The number of hydrogen-bond donors (Lipinski definition) is 0. The van der Waals surface area contributed by atoms with Crippen LogP contribution in [0.1, 0.15) is 44.5 Å². The summed E-state index contributed by atoms with van der Waals surface area (Å²) in [5.74, 6) is 0. The molecule has 1 aromatic heterocycles. The maximum Gasteiger partial charge on any atom is 0.252 e. The van der Waals surface area contributed by atoms with Crippen LogP contribution in [0.15, 0.2) is 231 Å². The summed E-state index contributed by atoms with van der Waals surface area (Å²) < 4.78 is 2.48. The molecule has 3 nitrogen and oxygen atoms in total. The summed E-state index contributed by atoms with van der Waals surface area (Å²) in [5, 5.41) is 2.51. The number of hydrogen-bond acceptors (Lipinski definition) is 2. The van der Waals surface area contributed by atoms with Crippen LogP contribution in [0.5, 0.6) is 0 Å². The van der Waals surface area contributed by atoms with E-state index in [1.165, 1.54) is 150 Å². The van der Waals surface area contributed by atoms with Crippen molar-refractivity contribution in [2.75, 3.05) is 9.80 Å². The number of rotatable bonds is 4. The van der Waals surface area contributed by atoms with Gasteiger partial charge in [-0.25, -0.2) is 0 Å². The summed E-state index contributed by atoms with van der Waals surface area (Å²) in [5.41, 5.74) is 32.3. The number of anilines is 6. The fourth-order valence-electron chi connectivity index (χ4n) is 14.2. The molecule has 0 radical (unpaired) electrons. The Hall–Kier alpha value is -9.12. The van der Waals surface area contributed by atoms with E-state index in [9.17, 15) is 0 Å². The van der Waals surface area contributed by atoms with Gasteiger partial charge >= 0.3 is 0 Å². The average Bonchev–Trinajstić information content (AvgIpc) is 4.27. The van der Waals surface area contributed by atoms with E-state index in [1.54, 1.807) is 0 Å². The van der Waals surface area contributed by atoms with Crippen LogP contribution in [0.4, 0.5) is 34.1 Å². The Morgan fingerprint density at radius 3 is 1.79 bits per heavy atom. The minimum atomic E-state index is -0.560. The van der Waals surface area contributed by atoms with Crippen molar-refractivity contribution in [1.82, 2.24) is 4.57 Å². The molecule has 12 aromatic rings. The zero-order valence-electron chi connectivity index (χ0n) is 42.4. The van der Waals surface area contributed by atoms with Crippen molar-refractivity contribution >= 4 is 79.0 Å². The van der Waals surface area contributed by atoms with Crippen LogP contribution < -0.4 is 26.2 Å². The number of nitrogens with zero attached hydrogens (tertiary/aromatic N) is 3. The minimum Gasteiger partial charge on any atom is -0.311 e. The standard InChI is InChI=1S/C71H50BN3/c1-43-17-16-21-49(35-43)74-66-36-44(2)29-33-61(66)72-62-41-55-52-23-10-13-26-58(52)71(60(55)42-67(62)75(63-27-14-8-18-46(63)4)69-38-45(3)37-68(74)70(69)72)57-25-12-9-22-51(57)54-40-50(31-32-59(54)71)73-64-28-15-11-24-53(64)56-39-48(30-34-65(56)73)47-19-6-5-7-20-47/h5-42H,1-4H3. The normalized spacial score (nSPS) is 15.2. The van der Waals surface area contributed by atoms with Gasteiger partial charge in [-0.05, 0) is 195 Å². The van der Waals surface area contributed by atoms with Crippen LogP contribution in [0, 0.1) is 27.7 Å². The molecule has 75 heavy (non-hydrogen) atoms. The SMILES string of the molecule is Cc1cccc(N2c3cc(C)ccc3B3c4cc5c(cc4N(c4ccccc4C)c4cc(C)cc2c43)C2(c3ccccc3-c3cc(-n4c6ccccc6c6cc(-c7ccccc7)ccc64)ccc32)c2ccccc2-5)c1. The second-order valence-corrected chi connectivity index (χ2v) is 21.5. The van der Waals surface area contributed by atoms with Gasteiger partial charge in [-0.2, -0.15) is 0 Å². The molecule has 2 aliphatic heterocycles. The number of fused-ring (bicyclic) bond motifs is 17. The Bertz CT molecular complexity index is 4450. The van der Waals surface area contributed by atoms with Crippen molar-refractivity contribution in [3.8, 4) is 39.1 Å². The zero-order valence-corrected chi connectivity index (χ0v) is 42.4. The zero-order chi connectivity index (χ0) is 49.8. The molecule has 0 saturated heterocycles. The van der Waals surface area contributed by atoms with E-state index in [2.05, 4.69) is 273 Å². The number of aromatic nitrogens is 1. The van der Waals surface area contributed by atoms with Crippen molar-refractivity contribution in [1.29, 1.82) is 0 Å². The molecule has 16 rings (SSSR count). The summed E-state index contributed by atoms with van der Waals surface area (Å²) in [6, 6.07) is 87.8. The van der Waals surface area contributed by atoms with Crippen LogP contribution >= 0.6 is 0 Å². The van der Waals surface area contributed by atoms with E-state index >= 15 is 0 Å². The van der Waals surface area contributed by atoms with Gasteiger partial charge in [0.15, 0.2) is 0 Å². The van der Waals surface area contributed by atoms with E-state index in [0.29, 0.717) is 0 Å². The van der Waals surface area contributed by atoms with Crippen LogP contribution in [-0.2, 0) is 5.41 Å². The smallest absolute Gasteiger partial charge is 0.252 e. The lowest BCUT2D eigenvalue weighted by molar-refractivity contribution is 0.793. The van der Waals surface area contributed by atoms with E-state index < -0.39 is 5.41 Å². The summed E-state index contributed by atoms with van der Waals surface area (Å²) in [6.07, 6.45) is 0. The minimum absolute atomic E-state index is 0.00256. The first-order chi connectivity index (χ1) is 36.8. The molecule has 0 N–H and O–H groups in total. The van der Waals surface area contributed by atoms with Crippen LogP contribution in [-0.4, -0.2) is 11.3 Å². The van der Waals surface area contributed by atoms with Gasteiger partial charge in [0, 0.05) is 50.6 Å². The second kappa shape index (κ2) is 15.5. The van der Waals surface area contributed by atoms with Crippen LogP contribution in [0.2, 0.25) is 0 Å². The lowest BCUT2D eigenvalue weighted by Gasteiger charge is -2.45. The summed E-state index contributed by atoms with van der Waals surface area (Å²) in [7, 11) is 0. The quantitative estimate of drug-likeness (QED) is 0.163. The highest BCUT2D eigenvalue weighted by molar-refractivity contribution is 7.00. The molecule has 2 aliphatic carbocycles. The van der Waals surface area contributed by atoms with Gasteiger partial charge in [-0.15, -0.1) is 0 Å². The fourth-order valence-corrected chi connectivity index (χ4v) is 14.2. The molecular weight excluding hydrogens is 906 g/mol. The molecule has 352 valence electrons. The lowest BCUT2D eigenvalue weighted by Crippen LogP contribution is -2.61. The van der Waals surface area contributed by atoms with E-state index in [1.807, 2.05) is 0 Å². The predicted molar refractivity (Wildman–Crippen MR) is 315 cm³/mol. The molecule has 4 heteroatoms.